The SMILES string of the molecule is Nc1cc(-c2ncccc2Cl)cc(C=O)c1Cl. The third kappa shape index (κ3) is 2.25. The van der Waals surface area contributed by atoms with Crippen LogP contribution in [0.4, 0.5) is 5.69 Å². The second kappa shape index (κ2) is 4.73. The summed E-state index contributed by atoms with van der Waals surface area (Å²) >= 11 is 11.9. The van der Waals surface area contributed by atoms with Gasteiger partial charge >= 0.3 is 0 Å². The fourth-order valence-corrected chi connectivity index (χ4v) is 1.87. The summed E-state index contributed by atoms with van der Waals surface area (Å²) in [5, 5.41) is 0.738. The Kier molecular flexibility index (Phi) is 3.31. The molecule has 0 spiro atoms. The molecule has 2 N–H and O–H groups in total. The fourth-order valence-electron chi connectivity index (χ4n) is 1.49. The summed E-state index contributed by atoms with van der Waals surface area (Å²) in [6.07, 6.45) is 2.27. The van der Waals surface area contributed by atoms with E-state index in [0.717, 1.165) is 0 Å². The van der Waals surface area contributed by atoms with E-state index in [4.69, 9.17) is 28.9 Å². The minimum atomic E-state index is 0.246. The minimum Gasteiger partial charge on any atom is -0.397 e. The maximum atomic E-state index is 10.9. The maximum absolute atomic E-state index is 10.9. The van der Waals surface area contributed by atoms with Gasteiger partial charge in [0.2, 0.25) is 0 Å². The summed E-state index contributed by atoms with van der Waals surface area (Å²) in [6, 6.07) is 6.70. The predicted octanol–water partition coefficient (Wildman–Crippen LogP) is 3.45. The van der Waals surface area contributed by atoms with E-state index < -0.39 is 0 Å². The lowest BCUT2D eigenvalue weighted by Crippen LogP contribution is -1.94. The first-order valence-corrected chi connectivity index (χ1v) is 5.54. The Morgan fingerprint density at radius 2 is 2.06 bits per heavy atom. The molecule has 0 aliphatic rings. The van der Waals surface area contributed by atoms with E-state index in [0.29, 0.717) is 33.8 Å². The number of hydrogen-bond acceptors (Lipinski definition) is 3. The van der Waals surface area contributed by atoms with Gasteiger partial charge in [-0.25, -0.2) is 0 Å². The third-order valence-corrected chi connectivity index (χ3v) is 3.03. The number of carbonyl (C=O) groups excluding carboxylic acids is 1. The highest BCUT2D eigenvalue weighted by Gasteiger charge is 2.10. The zero-order chi connectivity index (χ0) is 12.4. The molecule has 0 atom stereocenters. The summed E-state index contributed by atoms with van der Waals surface area (Å²) < 4.78 is 0. The number of nitrogen functional groups attached to an aromatic ring is 1. The largest absolute Gasteiger partial charge is 0.397 e. The molecule has 0 fully saturated rings. The van der Waals surface area contributed by atoms with Gasteiger partial charge in [-0.1, -0.05) is 23.2 Å². The van der Waals surface area contributed by atoms with Crippen molar-refractivity contribution >= 4 is 35.2 Å². The summed E-state index contributed by atoms with van der Waals surface area (Å²) in [4.78, 5) is 15.0. The van der Waals surface area contributed by atoms with Crippen LogP contribution in [0.5, 0.6) is 0 Å². The monoisotopic (exact) mass is 266 g/mol. The van der Waals surface area contributed by atoms with Crippen molar-refractivity contribution in [3.63, 3.8) is 0 Å². The topological polar surface area (TPSA) is 56.0 Å². The van der Waals surface area contributed by atoms with Crippen LogP contribution in [0.1, 0.15) is 10.4 Å². The third-order valence-electron chi connectivity index (χ3n) is 2.29. The lowest BCUT2D eigenvalue weighted by atomic mass is 10.1. The Balaban J connectivity index is 2.65. The Hall–Kier alpha value is -1.58. The molecule has 17 heavy (non-hydrogen) atoms. The van der Waals surface area contributed by atoms with Gasteiger partial charge < -0.3 is 5.73 Å². The number of rotatable bonds is 2. The highest BCUT2D eigenvalue weighted by Crippen LogP contribution is 2.31. The number of nitrogens with two attached hydrogens (primary N) is 1. The molecule has 5 heteroatoms. The van der Waals surface area contributed by atoms with Crippen LogP contribution in [-0.2, 0) is 0 Å². The van der Waals surface area contributed by atoms with E-state index >= 15 is 0 Å². The maximum Gasteiger partial charge on any atom is 0.151 e. The summed E-state index contributed by atoms with van der Waals surface area (Å²) in [6.45, 7) is 0. The number of aromatic nitrogens is 1. The molecule has 3 nitrogen and oxygen atoms in total. The minimum absolute atomic E-state index is 0.246. The van der Waals surface area contributed by atoms with Gasteiger partial charge in [0.1, 0.15) is 0 Å². The van der Waals surface area contributed by atoms with Gasteiger partial charge in [0, 0.05) is 17.3 Å². The molecule has 1 heterocycles. The molecular weight excluding hydrogens is 259 g/mol. The van der Waals surface area contributed by atoms with Gasteiger partial charge in [-0.3, -0.25) is 9.78 Å². The van der Waals surface area contributed by atoms with E-state index in [1.165, 1.54) is 0 Å². The number of nitrogens with zero attached hydrogens (tertiary/aromatic N) is 1. The highest BCUT2D eigenvalue weighted by atomic mass is 35.5. The Labute approximate surface area is 108 Å². The highest BCUT2D eigenvalue weighted by molar-refractivity contribution is 6.36. The van der Waals surface area contributed by atoms with Crippen LogP contribution in [-0.4, -0.2) is 11.3 Å². The predicted molar refractivity (Wildman–Crippen MR) is 69.5 cm³/mol. The first kappa shape index (κ1) is 11.9. The first-order valence-electron chi connectivity index (χ1n) is 4.78. The average Bonchev–Trinajstić information content (AvgIpc) is 2.33. The van der Waals surface area contributed by atoms with Crippen molar-refractivity contribution in [3.05, 3.63) is 46.1 Å². The summed E-state index contributed by atoms with van der Waals surface area (Å²) in [5.74, 6) is 0. The molecule has 1 aromatic carbocycles. The van der Waals surface area contributed by atoms with Crippen molar-refractivity contribution in [1.82, 2.24) is 4.98 Å². The molecule has 0 saturated carbocycles. The van der Waals surface area contributed by atoms with Crippen molar-refractivity contribution in [2.45, 2.75) is 0 Å². The Morgan fingerprint density at radius 1 is 1.29 bits per heavy atom. The second-order valence-electron chi connectivity index (χ2n) is 3.42. The summed E-state index contributed by atoms with van der Waals surface area (Å²) in [5.41, 5.74) is 7.61. The average molecular weight is 267 g/mol. The van der Waals surface area contributed by atoms with Crippen LogP contribution in [0, 0.1) is 0 Å². The normalized spacial score (nSPS) is 10.2. The summed E-state index contributed by atoms with van der Waals surface area (Å²) in [7, 11) is 0. The van der Waals surface area contributed by atoms with Crippen LogP contribution < -0.4 is 5.73 Å². The van der Waals surface area contributed by atoms with Crippen molar-refractivity contribution in [2.24, 2.45) is 0 Å². The molecule has 0 aliphatic carbocycles. The van der Waals surface area contributed by atoms with Crippen molar-refractivity contribution in [2.75, 3.05) is 5.73 Å². The van der Waals surface area contributed by atoms with Crippen LogP contribution in [0.15, 0.2) is 30.5 Å². The van der Waals surface area contributed by atoms with E-state index in [9.17, 15) is 4.79 Å². The van der Waals surface area contributed by atoms with Crippen molar-refractivity contribution in [3.8, 4) is 11.3 Å². The zero-order valence-corrected chi connectivity index (χ0v) is 10.2. The van der Waals surface area contributed by atoms with Gasteiger partial charge in [0.05, 0.1) is 21.4 Å². The van der Waals surface area contributed by atoms with Gasteiger partial charge in [-0.2, -0.15) is 0 Å². The molecular formula is C12H8Cl2N2O. The molecule has 2 rings (SSSR count). The van der Waals surface area contributed by atoms with E-state index in [1.54, 1.807) is 30.5 Å². The van der Waals surface area contributed by atoms with Crippen LogP contribution >= 0.6 is 23.2 Å². The van der Waals surface area contributed by atoms with Gasteiger partial charge in [0.25, 0.3) is 0 Å². The molecule has 86 valence electrons. The molecule has 1 aromatic heterocycles. The number of pyridine rings is 1. The van der Waals surface area contributed by atoms with Gasteiger partial charge in [0.15, 0.2) is 6.29 Å². The van der Waals surface area contributed by atoms with Crippen LogP contribution in [0.25, 0.3) is 11.3 Å². The van der Waals surface area contributed by atoms with E-state index in [-0.39, 0.29) is 5.02 Å². The molecule has 0 radical (unpaired) electrons. The number of halogens is 2. The number of hydrogen-bond donors (Lipinski definition) is 1. The molecule has 0 amide bonds. The van der Waals surface area contributed by atoms with E-state index in [1.807, 2.05) is 0 Å². The lowest BCUT2D eigenvalue weighted by Gasteiger charge is -2.07. The zero-order valence-electron chi connectivity index (χ0n) is 8.65. The number of carbonyl (C=O) groups is 1. The van der Waals surface area contributed by atoms with Gasteiger partial charge in [-0.15, -0.1) is 0 Å². The Morgan fingerprint density at radius 3 is 2.71 bits per heavy atom. The van der Waals surface area contributed by atoms with Crippen LogP contribution in [0.3, 0.4) is 0 Å². The van der Waals surface area contributed by atoms with Crippen LogP contribution in [0.2, 0.25) is 10.0 Å². The smallest absolute Gasteiger partial charge is 0.151 e. The Bertz CT molecular complexity index is 585. The number of anilines is 1. The molecule has 0 saturated heterocycles. The fraction of sp³-hybridized carbons (Fsp3) is 0. The number of aldehydes is 1. The van der Waals surface area contributed by atoms with Crippen molar-refractivity contribution in [1.29, 1.82) is 0 Å². The quantitative estimate of drug-likeness (QED) is 0.669. The molecule has 0 unspecified atom stereocenters. The lowest BCUT2D eigenvalue weighted by molar-refractivity contribution is 0.112. The molecule has 2 aromatic rings. The standard InChI is InChI=1S/C12H8Cl2N2O/c13-9-2-1-3-16-12(9)7-4-8(6-17)11(14)10(15)5-7/h1-6H,15H2. The molecule has 0 aliphatic heterocycles. The second-order valence-corrected chi connectivity index (χ2v) is 4.21. The van der Waals surface area contributed by atoms with Crippen molar-refractivity contribution < 1.29 is 4.79 Å². The molecule has 0 bridgehead atoms. The van der Waals surface area contributed by atoms with E-state index in [2.05, 4.69) is 4.98 Å². The number of benzene rings is 1. The first-order chi connectivity index (χ1) is 8.13. The van der Waals surface area contributed by atoms with Gasteiger partial charge in [-0.05, 0) is 24.3 Å².